The number of alkyl halides is 3. The van der Waals surface area contributed by atoms with Crippen LogP contribution in [0.25, 0.3) is 12.2 Å². The number of benzene rings is 2. The highest BCUT2D eigenvalue weighted by Gasteiger charge is 2.30. The Balaban J connectivity index is 2.03. The van der Waals surface area contributed by atoms with E-state index in [1.54, 1.807) is 6.07 Å². The number of allylic oxidation sites excluding steroid dienone is 2. The summed E-state index contributed by atoms with van der Waals surface area (Å²) in [4.78, 5) is 12.1. The average molecular weight is 489 g/mol. The lowest BCUT2D eigenvalue weighted by Crippen LogP contribution is -2.17. The summed E-state index contributed by atoms with van der Waals surface area (Å²) in [6.07, 6.45) is 6.94. The molecule has 0 radical (unpaired) electrons. The molecule has 0 bridgehead atoms. The van der Waals surface area contributed by atoms with Crippen molar-refractivity contribution in [2.45, 2.75) is 71.1 Å². The van der Waals surface area contributed by atoms with Gasteiger partial charge in [0.2, 0.25) is 0 Å². The summed E-state index contributed by atoms with van der Waals surface area (Å²) >= 11 is 0. The number of hydrogen-bond acceptors (Lipinski definition) is 3. The molecule has 0 aliphatic heterocycles. The van der Waals surface area contributed by atoms with Crippen LogP contribution in [0, 0.1) is 0 Å². The van der Waals surface area contributed by atoms with Crippen LogP contribution in [0.2, 0.25) is 0 Å². The van der Waals surface area contributed by atoms with E-state index < -0.39 is 17.7 Å². The summed E-state index contributed by atoms with van der Waals surface area (Å²) in [6, 6.07) is 6.18. The van der Waals surface area contributed by atoms with Gasteiger partial charge in [-0.25, -0.2) is 4.79 Å². The maximum absolute atomic E-state index is 12.8. The van der Waals surface area contributed by atoms with Crippen molar-refractivity contribution >= 4 is 18.1 Å². The topological polar surface area (TPSA) is 66.8 Å². The normalized spacial score (nSPS) is 15.1. The van der Waals surface area contributed by atoms with Crippen molar-refractivity contribution in [3.63, 3.8) is 0 Å². The Morgan fingerprint density at radius 3 is 2.23 bits per heavy atom. The summed E-state index contributed by atoms with van der Waals surface area (Å²) in [5, 5.41) is 20.8. The van der Waals surface area contributed by atoms with Gasteiger partial charge in [0.1, 0.15) is 17.1 Å². The molecule has 188 valence electrons. The van der Waals surface area contributed by atoms with Gasteiger partial charge in [-0.15, -0.1) is 0 Å². The van der Waals surface area contributed by atoms with E-state index in [0.29, 0.717) is 23.3 Å². The summed E-state index contributed by atoms with van der Waals surface area (Å²) < 4.78 is 44.8. The Morgan fingerprint density at radius 1 is 1.06 bits per heavy atom. The fourth-order valence-corrected chi connectivity index (χ4v) is 4.18. The number of rotatable bonds is 7. The molecule has 0 heterocycles. The van der Waals surface area contributed by atoms with Gasteiger partial charge in [0, 0.05) is 5.56 Å². The second-order valence-corrected chi connectivity index (χ2v) is 9.14. The van der Waals surface area contributed by atoms with Crippen molar-refractivity contribution in [1.82, 2.24) is 0 Å². The molecule has 2 aromatic carbocycles. The smallest absolute Gasteiger partial charge is 0.416 e. The van der Waals surface area contributed by atoms with Gasteiger partial charge < -0.3 is 14.9 Å². The molecule has 7 heteroatoms. The number of ether oxygens (including phenoxy) is 1. The van der Waals surface area contributed by atoms with Crippen LogP contribution in [0.5, 0.6) is 11.5 Å². The lowest BCUT2D eigenvalue weighted by Gasteiger charge is -2.21. The van der Waals surface area contributed by atoms with Crippen LogP contribution in [0.15, 0.2) is 42.0 Å². The van der Waals surface area contributed by atoms with Crippen molar-refractivity contribution in [2.75, 3.05) is 0 Å². The molecular formula is C28H31F3O4. The zero-order chi connectivity index (χ0) is 25.6. The third-order valence-corrected chi connectivity index (χ3v) is 6.11. The van der Waals surface area contributed by atoms with E-state index in [0.717, 1.165) is 56.2 Å². The number of hydrogen-bond donors (Lipinski definition) is 2. The number of halogens is 3. The fraction of sp³-hybridized carbons (Fsp3) is 0.393. The average Bonchev–Trinajstić information content (AvgIpc) is 3.05. The van der Waals surface area contributed by atoms with E-state index in [9.17, 15) is 28.2 Å². The van der Waals surface area contributed by atoms with Gasteiger partial charge in [-0.1, -0.05) is 48.8 Å². The van der Waals surface area contributed by atoms with Crippen molar-refractivity contribution < 1.29 is 32.9 Å². The van der Waals surface area contributed by atoms with Crippen LogP contribution in [-0.2, 0) is 12.6 Å². The number of aromatic hydroxyl groups is 1. The standard InChI is InChI=1S/C28H31F3O4/c1-18(2)9-16-23-24(35-22-7-5-3-4-6-8-22)17-20(25(26(23)32)27(33)34)13-10-19-11-14-21(15-12-19)28(29,30)31/h9-15,17,22,32H,3-8,16H2,1-2H3,(H,33,34)/b13-10+. The maximum atomic E-state index is 12.8. The molecule has 4 nitrogen and oxygen atoms in total. The zero-order valence-corrected chi connectivity index (χ0v) is 20.0. The summed E-state index contributed by atoms with van der Waals surface area (Å²) in [7, 11) is 0. The van der Waals surface area contributed by atoms with E-state index in [1.165, 1.54) is 24.3 Å². The van der Waals surface area contributed by atoms with Crippen molar-refractivity contribution in [1.29, 1.82) is 0 Å². The highest BCUT2D eigenvalue weighted by molar-refractivity contribution is 5.97. The first-order valence-corrected chi connectivity index (χ1v) is 11.8. The first-order chi connectivity index (χ1) is 16.6. The molecule has 2 N–H and O–H groups in total. The van der Waals surface area contributed by atoms with E-state index in [1.807, 2.05) is 19.9 Å². The SMILES string of the molecule is CC(C)=CCc1c(OC2CCCCCC2)cc(/C=C/c2ccc(C(F)(F)F)cc2)c(C(=O)O)c1O. The van der Waals surface area contributed by atoms with Crippen molar-refractivity contribution in [2.24, 2.45) is 0 Å². The van der Waals surface area contributed by atoms with Gasteiger partial charge in [-0.3, -0.25) is 0 Å². The minimum absolute atomic E-state index is 0.0234. The Labute approximate surface area is 203 Å². The molecule has 35 heavy (non-hydrogen) atoms. The second-order valence-electron chi connectivity index (χ2n) is 9.14. The summed E-state index contributed by atoms with van der Waals surface area (Å²) in [6.45, 7) is 3.84. The van der Waals surface area contributed by atoms with Crippen LogP contribution < -0.4 is 4.74 Å². The fourth-order valence-electron chi connectivity index (χ4n) is 4.18. The minimum Gasteiger partial charge on any atom is -0.507 e. The van der Waals surface area contributed by atoms with Crippen LogP contribution in [0.1, 0.15) is 85.0 Å². The van der Waals surface area contributed by atoms with Gasteiger partial charge in [-0.05, 0) is 75.3 Å². The zero-order valence-electron chi connectivity index (χ0n) is 20.0. The van der Waals surface area contributed by atoms with Gasteiger partial charge in [0.25, 0.3) is 0 Å². The molecule has 1 saturated carbocycles. The van der Waals surface area contributed by atoms with Crippen LogP contribution in [0.3, 0.4) is 0 Å². The third kappa shape index (κ3) is 7.13. The van der Waals surface area contributed by atoms with Crippen LogP contribution >= 0.6 is 0 Å². The maximum Gasteiger partial charge on any atom is 0.416 e. The van der Waals surface area contributed by atoms with E-state index in [2.05, 4.69) is 0 Å². The molecule has 1 aliphatic carbocycles. The highest BCUT2D eigenvalue weighted by atomic mass is 19.4. The Bertz CT molecular complexity index is 1090. The number of carboxylic acids is 1. The van der Waals surface area contributed by atoms with Crippen molar-refractivity contribution in [3.05, 3.63) is 69.8 Å². The molecule has 0 aromatic heterocycles. The Morgan fingerprint density at radius 2 is 1.69 bits per heavy atom. The lowest BCUT2D eigenvalue weighted by atomic mass is 9.97. The first kappa shape index (κ1) is 26.4. The van der Waals surface area contributed by atoms with Gasteiger partial charge in [-0.2, -0.15) is 13.2 Å². The minimum atomic E-state index is -4.43. The molecule has 0 amide bonds. The van der Waals surface area contributed by atoms with Crippen molar-refractivity contribution in [3.8, 4) is 11.5 Å². The molecule has 3 rings (SSSR count). The van der Waals surface area contributed by atoms with Crippen LogP contribution in [0.4, 0.5) is 13.2 Å². The second kappa shape index (κ2) is 11.5. The quantitative estimate of drug-likeness (QED) is 0.236. The first-order valence-electron chi connectivity index (χ1n) is 11.8. The highest BCUT2D eigenvalue weighted by Crippen LogP contribution is 2.38. The molecule has 0 saturated heterocycles. The summed E-state index contributed by atoms with van der Waals surface area (Å²) in [5.41, 5.74) is 1.10. The van der Waals surface area contributed by atoms with E-state index in [-0.39, 0.29) is 23.0 Å². The van der Waals surface area contributed by atoms with Gasteiger partial charge >= 0.3 is 12.1 Å². The monoisotopic (exact) mass is 488 g/mol. The van der Waals surface area contributed by atoms with Gasteiger partial charge in [0.15, 0.2) is 0 Å². The van der Waals surface area contributed by atoms with Crippen LogP contribution in [-0.4, -0.2) is 22.3 Å². The van der Waals surface area contributed by atoms with E-state index in [4.69, 9.17) is 4.74 Å². The molecular weight excluding hydrogens is 457 g/mol. The number of phenols is 1. The number of carbonyl (C=O) groups is 1. The lowest BCUT2D eigenvalue weighted by molar-refractivity contribution is -0.137. The van der Waals surface area contributed by atoms with Gasteiger partial charge in [0.05, 0.1) is 11.7 Å². The Kier molecular flexibility index (Phi) is 8.65. The molecule has 0 spiro atoms. The number of carboxylic acid groups (broad SMARTS) is 1. The molecule has 1 fully saturated rings. The largest absolute Gasteiger partial charge is 0.507 e. The molecule has 0 atom stereocenters. The summed E-state index contributed by atoms with van der Waals surface area (Å²) in [5.74, 6) is -1.22. The molecule has 2 aromatic rings. The Hall–Kier alpha value is -3.22. The number of aromatic carboxylic acids is 1. The van der Waals surface area contributed by atoms with E-state index >= 15 is 0 Å². The predicted octanol–water partition coefficient (Wildman–Crippen LogP) is 7.89. The predicted molar refractivity (Wildman–Crippen MR) is 131 cm³/mol. The molecule has 0 unspecified atom stereocenters. The molecule has 1 aliphatic rings. The third-order valence-electron chi connectivity index (χ3n) is 6.11.